The van der Waals surface area contributed by atoms with Crippen molar-refractivity contribution in [3.63, 3.8) is 0 Å². The number of hydrogen-bond donors (Lipinski definition) is 1. The van der Waals surface area contributed by atoms with Gasteiger partial charge in [-0.2, -0.15) is 5.10 Å². The van der Waals surface area contributed by atoms with Crippen molar-refractivity contribution in [2.24, 2.45) is 13.0 Å². The van der Waals surface area contributed by atoms with Crippen LogP contribution in [-0.2, 0) is 16.6 Å². The number of likely N-dealkylation sites (tertiary alicyclic amines) is 1. The monoisotopic (exact) mass is 368 g/mol. The van der Waals surface area contributed by atoms with Crippen molar-refractivity contribution < 1.29 is 23.1 Å². The third kappa shape index (κ3) is 3.32. The van der Waals surface area contributed by atoms with Crippen LogP contribution in [0.25, 0.3) is 0 Å². The molecule has 0 aromatic carbocycles. The third-order valence-corrected chi connectivity index (χ3v) is 5.35. The van der Waals surface area contributed by atoms with Gasteiger partial charge >= 0.3 is 0 Å². The van der Waals surface area contributed by atoms with Crippen molar-refractivity contribution in [3.05, 3.63) is 17.5 Å². The van der Waals surface area contributed by atoms with E-state index in [4.69, 9.17) is 4.74 Å². The van der Waals surface area contributed by atoms with Crippen LogP contribution in [-0.4, -0.2) is 57.8 Å². The van der Waals surface area contributed by atoms with E-state index in [-0.39, 0.29) is 29.5 Å². The van der Waals surface area contributed by atoms with Crippen LogP contribution < -0.4 is 5.32 Å². The van der Waals surface area contributed by atoms with Gasteiger partial charge in [-0.25, -0.2) is 8.78 Å². The molecule has 26 heavy (non-hydrogen) atoms. The molecule has 3 aliphatic rings. The second-order valence-corrected chi connectivity index (χ2v) is 7.38. The Hall–Kier alpha value is -2.03. The van der Waals surface area contributed by atoms with Crippen molar-refractivity contribution in [1.29, 1.82) is 0 Å². The molecule has 1 aromatic rings. The Morgan fingerprint density at radius 2 is 2.12 bits per heavy atom. The highest BCUT2D eigenvalue weighted by molar-refractivity contribution is 5.95. The molecule has 0 bridgehead atoms. The van der Waals surface area contributed by atoms with Crippen molar-refractivity contribution in [3.8, 4) is 0 Å². The highest BCUT2D eigenvalue weighted by Crippen LogP contribution is 2.35. The minimum absolute atomic E-state index is 0.0676. The maximum Gasteiger partial charge on any atom is 0.282 e. The second-order valence-electron chi connectivity index (χ2n) is 7.38. The van der Waals surface area contributed by atoms with Gasteiger partial charge in [0.2, 0.25) is 5.91 Å². The molecule has 4 rings (SSSR count). The molecule has 0 radical (unpaired) electrons. The van der Waals surface area contributed by atoms with Crippen LogP contribution in [0, 0.1) is 5.92 Å². The van der Waals surface area contributed by atoms with Gasteiger partial charge in [-0.3, -0.25) is 14.3 Å². The number of carbonyl (C=O) groups excluding carboxylic acids is 2. The molecule has 2 amide bonds. The number of amides is 2. The van der Waals surface area contributed by atoms with Gasteiger partial charge in [0.15, 0.2) is 0 Å². The first-order valence-electron chi connectivity index (χ1n) is 8.99. The minimum atomic E-state index is -2.80. The number of fused-ring (bicyclic) bond motifs is 1. The number of nitrogens with zero attached hydrogens (tertiary/aromatic N) is 3. The average Bonchev–Trinajstić information content (AvgIpc) is 3.17. The van der Waals surface area contributed by atoms with Crippen molar-refractivity contribution in [2.75, 3.05) is 13.1 Å². The molecule has 1 saturated carbocycles. The molecule has 0 spiro atoms. The van der Waals surface area contributed by atoms with E-state index in [1.807, 2.05) is 0 Å². The minimum Gasteiger partial charge on any atom is -0.363 e. The number of carbonyl (C=O) groups is 2. The average molecular weight is 368 g/mol. The molecule has 3 heterocycles. The standard InChI is InChI=1S/C17H22F2N4O3/c1-22-7-11(14(21-22)15(18)19)17(25)23-5-4-9-6-12(26-13(9)8-23)16(24)20-10-2-3-10/h7,9-10,12-13,15H,2-6,8H2,1H3,(H,20,24)/t9-,12-,13-/m0/s1. The van der Waals surface area contributed by atoms with E-state index in [0.717, 1.165) is 12.8 Å². The number of aryl methyl sites for hydroxylation is 1. The first-order chi connectivity index (χ1) is 12.4. The van der Waals surface area contributed by atoms with Gasteiger partial charge < -0.3 is 15.0 Å². The lowest BCUT2D eigenvalue weighted by Gasteiger charge is -2.34. The molecular formula is C17H22F2N4O3. The predicted octanol–water partition coefficient (Wildman–Crippen LogP) is 1.26. The van der Waals surface area contributed by atoms with Gasteiger partial charge in [0.1, 0.15) is 11.8 Å². The number of nitrogens with one attached hydrogen (secondary N) is 1. The Bertz CT molecular complexity index is 719. The van der Waals surface area contributed by atoms with Gasteiger partial charge in [0, 0.05) is 32.4 Å². The van der Waals surface area contributed by atoms with E-state index in [0.29, 0.717) is 25.9 Å². The summed E-state index contributed by atoms with van der Waals surface area (Å²) in [5.41, 5.74) is -0.560. The zero-order chi connectivity index (χ0) is 18.4. The molecule has 3 fully saturated rings. The summed E-state index contributed by atoms with van der Waals surface area (Å²) in [6, 6.07) is 0.283. The third-order valence-electron chi connectivity index (χ3n) is 5.35. The lowest BCUT2D eigenvalue weighted by Crippen LogP contribution is -2.45. The number of piperidine rings is 1. The normalized spacial score (nSPS) is 28.3. The van der Waals surface area contributed by atoms with E-state index >= 15 is 0 Å². The summed E-state index contributed by atoms with van der Waals surface area (Å²) in [6.07, 6.45) is 1.22. The van der Waals surface area contributed by atoms with Crippen molar-refractivity contribution >= 4 is 11.8 Å². The molecule has 3 atom stereocenters. The smallest absolute Gasteiger partial charge is 0.282 e. The molecule has 0 unspecified atom stereocenters. The van der Waals surface area contributed by atoms with Crippen LogP contribution in [0.5, 0.6) is 0 Å². The van der Waals surface area contributed by atoms with E-state index in [2.05, 4.69) is 10.4 Å². The lowest BCUT2D eigenvalue weighted by atomic mass is 9.91. The predicted molar refractivity (Wildman–Crippen MR) is 86.6 cm³/mol. The molecule has 7 nitrogen and oxygen atoms in total. The summed E-state index contributed by atoms with van der Waals surface area (Å²) >= 11 is 0. The SMILES string of the molecule is Cn1cc(C(=O)N2CC[C@H]3C[C@@H](C(=O)NC4CC4)O[C@H]3C2)c(C(F)F)n1. The van der Waals surface area contributed by atoms with E-state index in [9.17, 15) is 18.4 Å². The lowest BCUT2D eigenvalue weighted by molar-refractivity contribution is -0.132. The van der Waals surface area contributed by atoms with Gasteiger partial charge in [-0.05, 0) is 31.6 Å². The summed E-state index contributed by atoms with van der Waals surface area (Å²) in [6.45, 7) is 0.784. The Labute approximate surface area is 149 Å². The molecule has 142 valence electrons. The fraction of sp³-hybridized carbons (Fsp3) is 0.706. The second kappa shape index (κ2) is 6.61. The zero-order valence-corrected chi connectivity index (χ0v) is 14.5. The van der Waals surface area contributed by atoms with Crippen LogP contribution in [0.3, 0.4) is 0 Å². The van der Waals surface area contributed by atoms with Gasteiger partial charge in [-0.1, -0.05) is 0 Å². The Morgan fingerprint density at radius 3 is 2.81 bits per heavy atom. The number of hydrogen-bond acceptors (Lipinski definition) is 4. The zero-order valence-electron chi connectivity index (χ0n) is 14.5. The Balaban J connectivity index is 1.41. The van der Waals surface area contributed by atoms with Crippen molar-refractivity contribution in [1.82, 2.24) is 20.0 Å². The van der Waals surface area contributed by atoms with Crippen LogP contribution in [0.4, 0.5) is 8.78 Å². The molecule has 2 saturated heterocycles. The van der Waals surface area contributed by atoms with E-state index in [1.165, 1.54) is 22.8 Å². The first-order valence-corrected chi connectivity index (χ1v) is 8.99. The molecule has 9 heteroatoms. The molecule has 1 N–H and O–H groups in total. The maximum absolute atomic E-state index is 13.1. The summed E-state index contributed by atoms with van der Waals surface area (Å²) in [5, 5.41) is 6.65. The fourth-order valence-electron chi connectivity index (χ4n) is 3.81. The van der Waals surface area contributed by atoms with Gasteiger partial charge in [0.25, 0.3) is 12.3 Å². The highest BCUT2D eigenvalue weighted by Gasteiger charge is 2.44. The Kier molecular flexibility index (Phi) is 4.42. The van der Waals surface area contributed by atoms with Gasteiger partial charge in [-0.15, -0.1) is 0 Å². The first kappa shape index (κ1) is 17.4. The molecule has 1 aliphatic carbocycles. The quantitative estimate of drug-likeness (QED) is 0.868. The fourth-order valence-corrected chi connectivity index (χ4v) is 3.81. The van der Waals surface area contributed by atoms with E-state index < -0.39 is 24.1 Å². The highest BCUT2D eigenvalue weighted by atomic mass is 19.3. The summed E-state index contributed by atoms with van der Waals surface area (Å²) in [4.78, 5) is 26.4. The molecular weight excluding hydrogens is 346 g/mol. The number of halogens is 2. The maximum atomic E-state index is 13.1. The number of aromatic nitrogens is 2. The largest absolute Gasteiger partial charge is 0.363 e. The number of alkyl halides is 2. The summed E-state index contributed by atoms with van der Waals surface area (Å²) in [5.74, 6) is -0.314. The van der Waals surface area contributed by atoms with Crippen molar-refractivity contribution in [2.45, 2.75) is 50.4 Å². The number of rotatable bonds is 4. The number of ether oxygens (including phenoxy) is 1. The van der Waals surface area contributed by atoms with Gasteiger partial charge in [0.05, 0.1) is 11.7 Å². The molecule has 1 aromatic heterocycles. The van der Waals surface area contributed by atoms with Crippen LogP contribution in [0.15, 0.2) is 6.20 Å². The van der Waals surface area contributed by atoms with Crippen LogP contribution in [0.2, 0.25) is 0 Å². The van der Waals surface area contributed by atoms with E-state index in [1.54, 1.807) is 0 Å². The summed E-state index contributed by atoms with van der Waals surface area (Å²) in [7, 11) is 1.51. The van der Waals surface area contributed by atoms with Crippen LogP contribution >= 0.6 is 0 Å². The Morgan fingerprint density at radius 1 is 1.35 bits per heavy atom. The molecule has 2 aliphatic heterocycles. The summed E-state index contributed by atoms with van der Waals surface area (Å²) < 4.78 is 33.3. The van der Waals surface area contributed by atoms with Crippen LogP contribution in [0.1, 0.15) is 48.2 Å². The topological polar surface area (TPSA) is 76.5 Å².